The van der Waals surface area contributed by atoms with Crippen LogP contribution in [0.15, 0.2) is 12.3 Å². The fourth-order valence-corrected chi connectivity index (χ4v) is 2.27. The minimum Gasteiger partial charge on any atom is -0.386 e. The topological polar surface area (TPSA) is 39.6 Å². The number of likely N-dealkylation sites (N-methyl/N-ethyl adjacent to an activating group) is 1. The van der Waals surface area contributed by atoms with E-state index in [4.69, 9.17) is 0 Å². The van der Waals surface area contributed by atoms with E-state index in [0.717, 1.165) is 6.07 Å². The monoisotopic (exact) mass is 303 g/mol. The lowest BCUT2D eigenvalue weighted by molar-refractivity contribution is -0.137. The second kappa shape index (κ2) is 5.46. The standard InChI is InChI=1S/C14H20F3N3O/c1-13(2,21)10-8-11(14(15,16)17)12(18-9-10)20-6-4-19(3)5-7-20/h8-9,21H,4-7H2,1-3H3. The normalized spacial score (nSPS) is 18.1. The average molecular weight is 303 g/mol. The van der Waals surface area contributed by atoms with Crippen molar-refractivity contribution in [3.05, 3.63) is 23.4 Å². The summed E-state index contributed by atoms with van der Waals surface area (Å²) < 4.78 is 39.9. The Hall–Kier alpha value is -1.34. The molecule has 0 aromatic carbocycles. The smallest absolute Gasteiger partial charge is 0.386 e. The van der Waals surface area contributed by atoms with E-state index in [-0.39, 0.29) is 11.4 Å². The predicted octanol–water partition coefficient (Wildman–Crippen LogP) is 2.08. The van der Waals surface area contributed by atoms with Gasteiger partial charge in [-0.2, -0.15) is 13.2 Å². The maximum atomic E-state index is 13.3. The summed E-state index contributed by atoms with van der Waals surface area (Å²) in [6, 6.07) is 1.00. The van der Waals surface area contributed by atoms with E-state index < -0.39 is 17.3 Å². The van der Waals surface area contributed by atoms with Crippen LogP contribution in [0.5, 0.6) is 0 Å². The van der Waals surface area contributed by atoms with Crippen molar-refractivity contribution in [2.45, 2.75) is 25.6 Å². The van der Waals surface area contributed by atoms with E-state index >= 15 is 0 Å². The van der Waals surface area contributed by atoms with Gasteiger partial charge in [-0.3, -0.25) is 0 Å². The second-order valence-corrected chi connectivity index (χ2v) is 5.94. The van der Waals surface area contributed by atoms with Crippen LogP contribution in [0.25, 0.3) is 0 Å². The summed E-state index contributed by atoms with van der Waals surface area (Å²) in [7, 11) is 1.94. The molecule has 0 spiro atoms. The molecular formula is C14H20F3N3O. The first-order chi connectivity index (χ1) is 9.59. The molecule has 0 amide bonds. The highest BCUT2D eigenvalue weighted by Crippen LogP contribution is 2.37. The van der Waals surface area contributed by atoms with Gasteiger partial charge < -0.3 is 14.9 Å². The number of halogens is 3. The molecule has 21 heavy (non-hydrogen) atoms. The fraction of sp³-hybridized carbons (Fsp3) is 0.643. The van der Waals surface area contributed by atoms with Crippen LogP contribution in [0.2, 0.25) is 0 Å². The van der Waals surface area contributed by atoms with Gasteiger partial charge >= 0.3 is 6.18 Å². The van der Waals surface area contributed by atoms with Gasteiger partial charge in [0.05, 0.1) is 11.2 Å². The van der Waals surface area contributed by atoms with Crippen LogP contribution in [-0.2, 0) is 11.8 Å². The molecule has 2 rings (SSSR count). The highest BCUT2D eigenvalue weighted by Gasteiger charge is 2.37. The summed E-state index contributed by atoms with van der Waals surface area (Å²) in [5, 5.41) is 9.89. The van der Waals surface area contributed by atoms with Gasteiger partial charge in [-0.05, 0) is 27.0 Å². The number of hydrogen-bond donors (Lipinski definition) is 1. The molecule has 118 valence electrons. The first-order valence-corrected chi connectivity index (χ1v) is 6.82. The molecule has 0 aliphatic carbocycles. The first-order valence-electron chi connectivity index (χ1n) is 6.82. The zero-order valence-electron chi connectivity index (χ0n) is 12.4. The van der Waals surface area contributed by atoms with Gasteiger partial charge in [-0.15, -0.1) is 0 Å². The Morgan fingerprint density at radius 2 is 1.71 bits per heavy atom. The molecule has 1 fully saturated rings. The predicted molar refractivity (Wildman–Crippen MR) is 74.2 cm³/mol. The van der Waals surface area contributed by atoms with Gasteiger partial charge in [-0.25, -0.2) is 4.98 Å². The van der Waals surface area contributed by atoms with Crippen LogP contribution in [0, 0.1) is 0 Å². The lowest BCUT2D eigenvalue weighted by Gasteiger charge is -2.34. The van der Waals surface area contributed by atoms with Crippen molar-refractivity contribution in [2.75, 3.05) is 38.1 Å². The van der Waals surface area contributed by atoms with Crippen molar-refractivity contribution in [3.63, 3.8) is 0 Å². The highest BCUT2D eigenvalue weighted by atomic mass is 19.4. The Morgan fingerprint density at radius 1 is 1.14 bits per heavy atom. The average Bonchev–Trinajstić information content (AvgIpc) is 2.37. The van der Waals surface area contributed by atoms with Crippen LogP contribution in [0.3, 0.4) is 0 Å². The number of anilines is 1. The molecule has 1 aliphatic heterocycles. The third-order valence-corrected chi connectivity index (χ3v) is 3.68. The van der Waals surface area contributed by atoms with Crippen molar-refractivity contribution >= 4 is 5.82 Å². The quantitative estimate of drug-likeness (QED) is 0.908. The Morgan fingerprint density at radius 3 is 2.19 bits per heavy atom. The number of alkyl halides is 3. The van der Waals surface area contributed by atoms with Crippen molar-refractivity contribution in [1.29, 1.82) is 0 Å². The number of pyridine rings is 1. The Kier molecular flexibility index (Phi) is 4.17. The molecule has 0 radical (unpaired) electrons. The zero-order valence-corrected chi connectivity index (χ0v) is 12.4. The summed E-state index contributed by atoms with van der Waals surface area (Å²) >= 11 is 0. The largest absolute Gasteiger partial charge is 0.419 e. The van der Waals surface area contributed by atoms with Crippen molar-refractivity contribution in [2.24, 2.45) is 0 Å². The van der Waals surface area contributed by atoms with Crippen molar-refractivity contribution in [1.82, 2.24) is 9.88 Å². The molecule has 1 aromatic rings. The molecule has 2 heterocycles. The van der Waals surface area contributed by atoms with Gasteiger partial charge in [0.25, 0.3) is 0 Å². The summed E-state index contributed by atoms with van der Waals surface area (Å²) in [4.78, 5) is 7.70. The number of aromatic nitrogens is 1. The fourth-order valence-electron chi connectivity index (χ4n) is 2.27. The van der Waals surface area contributed by atoms with E-state index in [1.165, 1.54) is 20.0 Å². The molecule has 1 N–H and O–H groups in total. The number of nitrogens with zero attached hydrogens (tertiary/aromatic N) is 3. The summed E-state index contributed by atoms with van der Waals surface area (Å²) in [6.45, 7) is 5.31. The lowest BCUT2D eigenvalue weighted by Crippen LogP contribution is -2.45. The molecule has 0 unspecified atom stereocenters. The Labute approximate surface area is 122 Å². The van der Waals surface area contributed by atoms with E-state index in [9.17, 15) is 18.3 Å². The van der Waals surface area contributed by atoms with E-state index in [2.05, 4.69) is 9.88 Å². The SMILES string of the molecule is CN1CCN(c2ncc(C(C)(C)O)cc2C(F)(F)F)CC1. The van der Waals surface area contributed by atoms with Gasteiger partial charge in [-0.1, -0.05) is 0 Å². The van der Waals surface area contributed by atoms with E-state index in [1.807, 2.05) is 7.05 Å². The van der Waals surface area contributed by atoms with Gasteiger partial charge in [0, 0.05) is 37.9 Å². The molecule has 7 heteroatoms. The minimum absolute atomic E-state index is 0.0522. The van der Waals surface area contributed by atoms with Gasteiger partial charge in [0.2, 0.25) is 0 Å². The van der Waals surface area contributed by atoms with Crippen LogP contribution in [-0.4, -0.2) is 48.2 Å². The summed E-state index contributed by atoms with van der Waals surface area (Å²) in [5.74, 6) is -0.0522. The van der Waals surface area contributed by atoms with Crippen molar-refractivity contribution in [3.8, 4) is 0 Å². The van der Waals surface area contributed by atoms with Gasteiger partial charge in [0.1, 0.15) is 5.82 Å². The number of rotatable bonds is 2. The second-order valence-electron chi connectivity index (χ2n) is 5.94. The maximum Gasteiger partial charge on any atom is 0.419 e. The Bertz CT molecular complexity index is 503. The summed E-state index contributed by atoms with van der Waals surface area (Å²) in [5.41, 5.74) is -1.98. The van der Waals surface area contributed by atoms with Crippen molar-refractivity contribution < 1.29 is 18.3 Å². The lowest BCUT2D eigenvalue weighted by atomic mass is 9.98. The Balaban J connectivity index is 2.41. The molecule has 1 aliphatic rings. The number of piperazine rings is 1. The maximum absolute atomic E-state index is 13.3. The molecule has 1 saturated heterocycles. The molecule has 0 saturated carbocycles. The highest BCUT2D eigenvalue weighted by molar-refractivity contribution is 5.51. The number of hydrogen-bond acceptors (Lipinski definition) is 4. The third kappa shape index (κ3) is 3.65. The third-order valence-electron chi connectivity index (χ3n) is 3.68. The van der Waals surface area contributed by atoms with Crippen LogP contribution in [0.4, 0.5) is 19.0 Å². The molecule has 0 bridgehead atoms. The van der Waals surface area contributed by atoms with E-state index in [0.29, 0.717) is 26.2 Å². The zero-order chi connectivity index (χ0) is 15.8. The van der Waals surface area contributed by atoms with Crippen LogP contribution >= 0.6 is 0 Å². The molecule has 0 atom stereocenters. The van der Waals surface area contributed by atoms with Crippen LogP contribution < -0.4 is 4.90 Å². The molecule has 1 aromatic heterocycles. The minimum atomic E-state index is -4.49. The first kappa shape index (κ1) is 16.0. The van der Waals surface area contributed by atoms with Crippen LogP contribution in [0.1, 0.15) is 25.0 Å². The number of aliphatic hydroxyl groups is 1. The summed E-state index contributed by atoms with van der Waals surface area (Å²) in [6.07, 6.45) is -3.17. The molecule has 4 nitrogen and oxygen atoms in total. The molecular weight excluding hydrogens is 283 g/mol. The van der Waals surface area contributed by atoms with E-state index in [1.54, 1.807) is 4.90 Å². The van der Waals surface area contributed by atoms with Gasteiger partial charge in [0.15, 0.2) is 0 Å².